The molecule has 1 nitrogen and oxygen atoms in total. The average Bonchev–Trinajstić information content (AvgIpc) is 2.51. The van der Waals surface area contributed by atoms with Crippen LogP contribution in [0.15, 0.2) is 18.2 Å². The fourth-order valence-corrected chi connectivity index (χ4v) is 2.95. The lowest BCUT2D eigenvalue weighted by molar-refractivity contribution is 0.440. The Labute approximate surface area is 106 Å². The van der Waals surface area contributed by atoms with Crippen molar-refractivity contribution >= 4 is 5.69 Å². The molecule has 0 radical (unpaired) electrons. The SMILES string of the molecule is CCCN1c2ccc(CC)cc2C(C)(C)C1C. The van der Waals surface area contributed by atoms with Crippen molar-refractivity contribution in [1.82, 2.24) is 0 Å². The summed E-state index contributed by atoms with van der Waals surface area (Å²) in [5.74, 6) is 0. The zero-order chi connectivity index (χ0) is 12.6. The first-order valence-corrected chi connectivity index (χ1v) is 6.92. The van der Waals surface area contributed by atoms with Crippen molar-refractivity contribution in [1.29, 1.82) is 0 Å². The van der Waals surface area contributed by atoms with Gasteiger partial charge in [-0.25, -0.2) is 0 Å². The smallest absolute Gasteiger partial charge is 0.0407 e. The Kier molecular flexibility index (Phi) is 3.20. The van der Waals surface area contributed by atoms with Crippen LogP contribution < -0.4 is 4.90 Å². The number of nitrogens with zero attached hydrogens (tertiary/aromatic N) is 1. The first-order chi connectivity index (χ1) is 8.02. The molecule has 1 aliphatic heterocycles. The predicted octanol–water partition coefficient (Wildman–Crippen LogP) is 4.15. The Morgan fingerprint density at radius 1 is 1.24 bits per heavy atom. The maximum atomic E-state index is 2.58. The van der Waals surface area contributed by atoms with Gasteiger partial charge in [0.15, 0.2) is 0 Å². The van der Waals surface area contributed by atoms with Crippen LogP contribution in [-0.2, 0) is 11.8 Å². The molecule has 0 saturated heterocycles. The van der Waals surface area contributed by atoms with E-state index in [2.05, 4.69) is 57.7 Å². The van der Waals surface area contributed by atoms with Gasteiger partial charge in [-0.05, 0) is 37.0 Å². The van der Waals surface area contributed by atoms with Crippen LogP contribution in [0, 0.1) is 0 Å². The average molecular weight is 231 g/mol. The van der Waals surface area contributed by atoms with Gasteiger partial charge in [0.1, 0.15) is 0 Å². The molecule has 2 rings (SSSR count). The number of hydrogen-bond donors (Lipinski definition) is 0. The van der Waals surface area contributed by atoms with Crippen molar-refractivity contribution in [3.63, 3.8) is 0 Å². The number of fused-ring (bicyclic) bond motifs is 1. The fourth-order valence-electron chi connectivity index (χ4n) is 2.95. The Morgan fingerprint density at radius 2 is 1.94 bits per heavy atom. The standard InChI is InChI=1S/C16H25N/c1-6-10-17-12(3)16(4,5)14-11-13(7-2)8-9-15(14)17/h8-9,11-12H,6-7,10H2,1-5H3. The maximum Gasteiger partial charge on any atom is 0.0407 e. The lowest BCUT2D eigenvalue weighted by Gasteiger charge is -2.31. The third-order valence-corrected chi connectivity index (χ3v) is 4.45. The van der Waals surface area contributed by atoms with Gasteiger partial charge in [0.05, 0.1) is 0 Å². The minimum Gasteiger partial charge on any atom is -0.368 e. The molecule has 94 valence electrons. The third-order valence-electron chi connectivity index (χ3n) is 4.45. The van der Waals surface area contributed by atoms with Crippen molar-refractivity contribution in [3.8, 4) is 0 Å². The molecule has 0 saturated carbocycles. The van der Waals surface area contributed by atoms with Gasteiger partial charge in [-0.1, -0.05) is 39.8 Å². The van der Waals surface area contributed by atoms with Gasteiger partial charge in [0.25, 0.3) is 0 Å². The summed E-state index contributed by atoms with van der Waals surface area (Å²) >= 11 is 0. The molecule has 0 fully saturated rings. The summed E-state index contributed by atoms with van der Waals surface area (Å²) in [7, 11) is 0. The number of anilines is 1. The van der Waals surface area contributed by atoms with Gasteiger partial charge in [-0.2, -0.15) is 0 Å². The van der Waals surface area contributed by atoms with Crippen LogP contribution in [-0.4, -0.2) is 12.6 Å². The summed E-state index contributed by atoms with van der Waals surface area (Å²) in [5.41, 5.74) is 4.73. The van der Waals surface area contributed by atoms with Gasteiger partial charge in [-0.3, -0.25) is 0 Å². The monoisotopic (exact) mass is 231 g/mol. The van der Waals surface area contributed by atoms with E-state index < -0.39 is 0 Å². The zero-order valence-electron chi connectivity index (χ0n) is 11.9. The number of rotatable bonds is 3. The first-order valence-electron chi connectivity index (χ1n) is 6.92. The van der Waals surface area contributed by atoms with Crippen molar-refractivity contribution in [2.45, 2.75) is 58.9 Å². The lowest BCUT2D eigenvalue weighted by atomic mass is 9.80. The van der Waals surface area contributed by atoms with E-state index in [1.54, 1.807) is 0 Å². The summed E-state index contributed by atoms with van der Waals surface area (Å²) in [6.45, 7) is 12.8. The van der Waals surface area contributed by atoms with E-state index in [9.17, 15) is 0 Å². The van der Waals surface area contributed by atoms with E-state index in [-0.39, 0.29) is 5.41 Å². The van der Waals surface area contributed by atoms with Crippen LogP contribution in [0.1, 0.15) is 52.2 Å². The highest BCUT2D eigenvalue weighted by molar-refractivity contribution is 5.64. The molecular formula is C16H25N. The molecule has 0 aromatic heterocycles. The van der Waals surface area contributed by atoms with E-state index in [1.807, 2.05) is 0 Å². The van der Waals surface area contributed by atoms with Crippen molar-refractivity contribution in [3.05, 3.63) is 29.3 Å². The summed E-state index contributed by atoms with van der Waals surface area (Å²) in [6, 6.07) is 7.64. The minimum atomic E-state index is 0.273. The predicted molar refractivity (Wildman–Crippen MR) is 75.9 cm³/mol. The van der Waals surface area contributed by atoms with E-state index >= 15 is 0 Å². The summed E-state index contributed by atoms with van der Waals surface area (Å²) in [5, 5.41) is 0. The molecule has 1 aromatic carbocycles. The van der Waals surface area contributed by atoms with Crippen molar-refractivity contribution in [2.24, 2.45) is 0 Å². The minimum absolute atomic E-state index is 0.273. The summed E-state index contributed by atoms with van der Waals surface area (Å²) < 4.78 is 0. The Balaban J connectivity index is 2.49. The molecule has 1 heteroatoms. The Morgan fingerprint density at radius 3 is 2.53 bits per heavy atom. The molecule has 17 heavy (non-hydrogen) atoms. The molecule has 0 bridgehead atoms. The Hall–Kier alpha value is -0.980. The third kappa shape index (κ3) is 1.86. The second-order valence-electron chi connectivity index (χ2n) is 5.80. The highest BCUT2D eigenvalue weighted by atomic mass is 15.2. The van der Waals surface area contributed by atoms with Crippen LogP contribution >= 0.6 is 0 Å². The number of benzene rings is 1. The summed E-state index contributed by atoms with van der Waals surface area (Å²) in [4.78, 5) is 2.58. The maximum absolute atomic E-state index is 2.58. The summed E-state index contributed by atoms with van der Waals surface area (Å²) in [6.07, 6.45) is 2.35. The highest BCUT2D eigenvalue weighted by Crippen LogP contribution is 2.45. The Bertz CT molecular complexity index is 406. The molecule has 0 spiro atoms. The molecule has 0 amide bonds. The van der Waals surface area contributed by atoms with E-state index in [4.69, 9.17) is 0 Å². The fraction of sp³-hybridized carbons (Fsp3) is 0.625. The zero-order valence-corrected chi connectivity index (χ0v) is 11.9. The van der Waals surface area contributed by atoms with Crippen LogP contribution in [0.25, 0.3) is 0 Å². The lowest BCUT2D eigenvalue weighted by Crippen LogP contribution is -2.39. The topological polar surface area (TPSA) is 3.24 Å². The number of aryl methyl sites for hydroxylation is 1. The number of hydrogen-bond acceptors (Lipinski definition) is 1. The van der Waals surface area contributed by atoms with E-state index in [1.165, 1.54) is 29.8 Å². The van der Waals surface area contributed by atoms with Crippen molar-refractivity contribution in [2.75, 3.05) is 11.4 Å². The van der Waals surface area contributed by atoms with Gasteiger partial charge in [0, 0.05) is 23.7 Å². The first kappa shape index (κ1) is 12.5. The molecule has 0 aliphatic carbocycles. The second-order valence-corrected chi connectivity index (χ2v) is 5.80. The molecular weight excluding hydrogens is 206 g/mol. The van der Waals surface area contributed by atoms with E-state index in [0.29, 0.717) is 6.04 Å². The molecule has 1 atom stereocenters. The second kappa shape index (κ2) is 4.36. The molecule has 1 unspecified atom stereocenters. The molecule has 1 aromatic rings. The molecule has 0 N–H and O–H groups in total. The van der Waals surface area contributed by atoms with E-state index in [0.717, 1.165) is 6.42 Å². The largest absolute Gasteiger partial charge is 0.368 e. The van der Waals surface area contributed by atoms with Crippen LogP contribution in [0.2, 0.25) is 0 Å². The quantitative estimate of drug-likeness (QED) is 0.755. The normalized spacial score (nSPS) is 21.7. The van der Waals surface area contributed by atoms with Crippen molar-refractivity contribution < 1.29 is 0 Å². The van der Waals surface area contributed by atoms with Gasteiger partial charge in [-0.15, -0.1) is 0 Å². The van der Waals surface area contributed by atoms with Crippen LogP contribution in [0.4, 0.5) is 5.69 Å². The highest BCUT2D eigenvalue weighted by Gasteiger charge is 2.41. The van der Waals surface area contributed by atoms with Gasteiger partial charge < -0.3 is 4.90 Å². The van der Waals surface area contributed by atoms with Crippen LogP contribution in [0.5, 0.6) is 0 Å². The molecule has 1 heterocycles. The van der Waals surface area contributed by atoms with Crippen LogP contribution in [0.3, 0.4) is 0 Å². The van der Waals surface area contributed by atoms with Gasteiger partial charge >= 0.3 is 0 Å². The van der Waals surface area contributed by atoms with Gasteiger partial charge in [0.2, 0.25) is 0 Å². The molecule has 1 aliphatic rings.